The van der Waals surface area contributed by atoms with Crippen molar-refractivity contribution in [2.75, 3.05) is 18.1 Å². The first-order valence-corrected chi connectivity index (χ1v) is 14.5. The van der Waals surface area contributed by atoms with Crippen molar-refractivity contribution in [3.8, 4) is 0 Å². The van der Waals surface area contributed by atoms with Gasteiger partial charge in [0.2, 0.25) is 15.2 Å². The number of rotatable bonds is 7. The molecule has 0 atom stereocenters. The highest BCUT2D eigenvalue weighted by molar-refractivity contribution is 7.89. The number of carbonyl (C=O) groups excluding carboxylic acids is 1. The number of nitrogens with zero attached hydrogens (tertiary/aromatic N) is 5. The molecular weight excluding hydrogens is 542 g/mol. The summed E-state index contributed by atoms with van der Waals surface area (Å²) in [5.41, 5.74) is 1.90. The number of sulfonamides is 1. The summed E-state index contributed by atoms with van der Waals surface area (Å²) < 4.78 is 33.7. The average Bonchev–Trinajstić information content (AvgIpc) is 3.56. The van der Waals surface area contributed by atoms with Gasteiger partial charge in [-0.15, -0.1) is 0 Å². The van der Waals surface area contributed by atoms with E-state index >= 15 is 0 Å². The number of amides is 1. The number of anilines is 1. The number of aromatic nitrogens is 1. The number of hydrogen-bond donors (Lipinski definition) is 0. The van der Waals surface area contributed by atoms with E-state index in [2.05, 4.69) is 17.0 Å². The Morgan fingerprint density at radius 1 is 1.18 bits per heavy atom. The molecule has 0 unspecified atom stereocenters. The summed E-state index contributed by atoms with van der Waals surface area (Å²) in [5, 5.41) is 16.6. The molecule has 0 N–H and O–H groups in total. The zero-order chi connectivity index (χ0) is 27.7. The fourth-order valence-corrected chi connectivity index (χ4v) is 6.68. The third-order valence-corrected chi connectivity index (χ3v) is 9.39. The molecule has 3 heterocycles. The molecule has 0 bridgehead atoms. The van der Waals surface area contributed by atoms with Gasteiger partial charge in [0.1, 0.15) is 4.92 Å². The van der Waals surface area contributed by atoms with E-state index in [0.717, 1.165) is 28.1 Å². The van der Waals surface area contributed by atoms with Gasteiger partial charge in [-0.3, -0.25) is 14.9 Å². The van der Waals surface area contributed by atoms with Crippen LogP contribution in [-0.2, 0) is 10.0 Å². The van der Waals surface area contributed by atoms with Gasteiger partial charge in [0, 0.05) is 18.7 Å². The number of thiazole rings is 1. The van der Waals surface area contributed by atoms with Gasteiger partial charge in [-0.25, -0.2) is 13.4 Å². The first-order valence-electron chi connectivity index (χ1n) is 12.2. The van der Waals surface area contributed by atoms with Crippen LogP contribution >= 0.6 is 11.3 Å². The summed E-state index contributed by atoms with van der Waals surface area (Å²) in [6.07, 6.45) is 2.81. The van der Waals surface area contributed by atoms with E-state index in [4.69, 9.17) is 4.42 Å². The molecule has 1 fully saturated rings. The van der Waals surface area contributed by atoms with E-state index in [9.17, 15) is 23.3 Å². The topological polar surface area (TPSA) is 139 Å². The molecule has 0 aliphatic carbocycles. The standard InChI is InChI=1S/C26H25N5O6S2/c1-17-11-13-29(14-12-17)39(35,36)21-7-4-19(5-8-21)25(32)30(27-16-20-6-10-24(37-20)31(33)34)26-28-22-9-3-18(2)15-23(22)38-26/h3-10,15-17H,11-14H2,1-2H3/b27-16+. The van der Waals surface area contributed by atoms with Gasteiger partial charge in [0.25, 0.3) is 5.91 Å². The summed E-state index contributed by atoms with van der Waals surface area (Å²) in [5.74, 6) is -0.445. The Kier molecular flexibility index (Phi) is 7.30. The zero-order valence-electron chi connectivity index (χ0n) is 21.2. The van der Waals surface area contributed by atoms with Crippen molar-refractivity contribution in [3.63, 3.8) is 0 Å². The van der Waals surface area contributed by atoms with Crippen LogP contribution in [0, 0.1) is 23.0 Å². The SMILES string of the molecule is Cc1ccc2nc(N(/N=C/c3ccc([N+](=O)[O-])o3)C(=O)c3ccc(S(=O)(=O)N4CCC(C)CC4)cc3)sc2c1. The number of furan rings is 1. The molecule has 5 rings (SSSR count). The van der Waals surface area contributed by atoms with E-state index in [0.29, 0.717) is 24.5 Å². The number of piperidine rings is 1. The fourth-order valence-electron chi connectivity index (χ4n) is 4.19. The largest absolute Gasteiger partial charge is 0.433 e. The monoisotopic (exact) mass is 567 g/mol. The number of carbonyl (C=O) groups is 1. The number of benzene rings is 2. The molecule has 202 valence electrons. The van der Waals surface area contributed by atoms with E-state index < -0.39 is 26.7 Å². The van der Waals surface area contributed by atoms with E-state index in [1.165, 1.54) is 58.3 Å². The van der Waals surface area contributed by atoms with Gasteiger partial charge in [-0.1, -0.05) is 24.3 Å². The minimum absolute atomic E-state index is 0.0775. The van der Waals surface area contributed by atoms with Crippen molar-refractivity contribution in [1.82, 2.24) is 9.29 Å². The average molecular weight is 568 g/mol. The second kappa shape index (κ2) is 10.7. The van der Waals surface area contributed by atoms with Crippen molar-refractivity contribution in [3.05, 3.63) is 81.6 Å². The summed E-state index contributed by atoms with van der Waals surface area (Å²) >= 11 is 1.25. The van der Waals surface area contributed by atoms with Gasteiger partial charge >= 0.3 is 5.88 Å². The molecular formula is C26H25N5O6S2. The maximum atomic E-state index is 13.6. The van der Waals surface area contributed by atoms with Crippen LogP contribution in [0.3, 0.4) is 0 Å². The van der Waals surface area contributed by atoms with Crippen LogP contribution in [0.5, 0.6) is 0 Å². The van der Waals surface area contributed by atoms with Gasteiger partial charge in [-0.2, -0.15) is 14.4 Å². The van der Waals surface area contributed by atoms with Crippen molar-refractivity contribution in [1.29, 1.82) is 0 Å². The molecule has 0 radical (unpaired) electrons. The fraction of sp³-hybridized carbons (Fsp3) is 0.269. The second-order valence-electron chi connectivity index (χ2n) is 9.37. The zero-order valence-corrected chi connectivity index (χ0v) is 22.8. The molecule has 2 aromatic heterocycles. The van der Waals surface area contributed by atoms with E-state index in [1.807, 2.05) is 25.1 Å². The van der Waals surface area contributed by atoms with Crippen LogP contribution in [0.25, 0.3) is 10.2 Å². The molecule has 39 heavy (non-hydrogen) atoms. The second-order valence-corrected chi connectivity index (χ2v) is 12.3. The van der Waals surface area contributed by atoms with E-state index in [-0.39, 0.29) is 21.4 Å². The highest BCUT2D eigenvalue weighted by atomic mass is 32.2. The van der Waals surface area contributed by atoms with Crippen molar-refractivity contribution >= 4 is 54.7 Å². The maximum absolute atomic E-state index is 13.6. The van der Waals surface area contributed by atoms with Crippen molar-refractivity contribution < 1.29 is 22.6 Å². The van der Waals surface area contributed by atoms with Crippen LogP contribution in [0.4, 0.5) is 11.0 Å². The van der Waals surface area contributed by atoms with Crippen LogP contribution < -0.4 is 5.01 Å². The molecule has 13 heteroatoms. The summed E-state index contributed by atoms with van der Waals surface area (Å²) in [4.78, 5) is 28.5. The molecule has 2 aromatic carbocycles. The molecule has 11 nitrogen and oxygen atoms in total. The molecule has 1 saturated heterocycles. The molecule has 0 saturated carbocycles. The first-order chi connectivity index (χ1) is 18.6. The van der Waals surface area contributed by atoms with Crippen LogP contribution in [0.2, 0.25) is 0 Å². The van der Waals surface area contributed by atoms with Gasteiger partial charge in [0.05, 0.1) is 27.4 Å². The van der Waals surface area contributed by atoms with Crippen LogP contribution in [-0.4, -0.2) is 47.8 Å². The Bertz CT molecular complexity index is 1670. The number of hydrogen-bond acceptors (Lipinski definition) is 9. The molecule has 1 aliphatic heterocycles. The number of aryl methyl sites for hydroxylation is 1. The Labute approximate surface area is 228 Å². The van der Waals surface area contributed by atoms with Crippen molar-refractivity contribution in [2.24, 2.45) is 11.0 Å². The third-order valence-electron chi connectivity index (χ3n) is 6.48. The predicted octanol–water partition coefficient (Wildman–Crippen LogP) is 5.21. The van der Waals surface area contributed by atoms with Gasteiger partial charge in [-0.05, 0) is 73.7 Å². The summed E-state index contributed by atoms with van der Waals surface area (Å²) in [6, 6.07) is 14.0. The predicted molar refractivity (Wildman–Crippen MR) is 148 cm³/mol. The molecule has 1 amide bonds. The highest BCUT2D eigenvalue weighted by Crippen LogP contribution is 2.31. The normalized spacial score (nSPS) is 15.2. The van der Waals surface area contributed by atoms with Crippen LogP contribution in [0.15, 0.2) is 69.0 Å². The van der Waals surface area contributed by atoms with Gasteiger partial charge < -0.3 is 4.42 Å². The molecule has 4 aromatic rings. The minimum Gasteiger partial charge on any atom is -0.400 e. The van der Waals surface area contributed by atoms with Crippen LogP contribution in [0.1, 0.15) is 41.4 Å². The van der Waals surface area contributed by atoms with E-state index in [1.54, 1.807) is 0 Å². The Morgan fingerprint density at radius 3 is 2.56 bits per heavy atom. The highest BCUT2D eigenvalue weighted by Gasteiger charge is 2.29. The first kappa shape index (κ1) is 26.7. The minimum atomic E-state index is -3.67. The number of fused-ring (bicyclic) bond motifs is 1. The lowest BCUT2D eigenvalue weighted by atomic mass is 10.0. The molecule has 0 spiro atoms. The lowest BCUT2D eigenvalue weighted by Crippen LogP contribution is -2.37. The maximum Gasteiger partial charge on any atom is 0.433 e. The third kappa shape index (κ3) is 5.60. The quantitative estimate of drug-likeness (QED) is 0.170. The Balaban J connectivity index is 1.46. The number of nitro groups is 1. The Morgan fingerprint density at radius 2 is 1.90 bits per heavy atom. The lowest BCUT2D eigenvalue weighted by Gasteiger charge is -2.29. The van der Waals surface area contributed by atoms with Gasteiger partial charge in [0.15, 0.2) is 5.76 Å². The summed E-state index contributed by atoms with van der Waals surface area (Å²) in [7, 11) is -3.67. The van der Waals surface area contributed by atoms with Crippen molar-refractivity contribution in [2.45, 2.75) is 31.6 Å². The number of hydrazone groups is 1. The summed E-state index contributed by atoms with van der Waals surface area (Å²) in [6.45, 7) is 4.99. The lowest BCUT2D eigenvalue weighted by molar-refractivity contribution is -0.402. The molecule has 1 aliphatic rings. The Hall–Kier alpha value is -3.94. The smallest absolute Gasteiger partial charge is 0.400 e.